The fourth-order valence-electron chi connectivity index (χ4n) is 2.61. The molecule has 0 atom stereocenters. The van der Waals surface area contributed by atoms with Crippen LogP contribution in [0.1, 0.15) is 36.8 Å². The minimum Gasteiger partial charge on any atom is -0.496 e. The SMILES string of the molecule is COc1cc(CN2CCCCCC2)ccc1CN. The minimum atomic E-state index is 0.535. The van der Waals surface area contributed by atoms with E-state index in [0.717, 1.165) is 17.9 Å². The molecule has 0 bridgehead atoms. The Labute approximate surface area is 110 Å². The van der Waals surface area contributed by atoms with Crippen LogP contribution in [-0.4, -0.2) is 25.1 Å². The zero-order chi connectivity index (χ0) is 12.8. The third kappa shape index (κ3) is 3.47. The highest BCUT2D eigenvalue weighted by atomic mass is 16.5. The molecule has 2 N–H and O–H groups in total. The molecular weight excluding hydrogens is 224 g/mol. The average molecular weight is 248 g/mol. The van der Waals surface area contributed by atoms with Crippen molar-refractivity contribution in [1.82, 2.24) is 4.90 Å². The van der Waals surface area contributed by atoms with Crippen molar-refractivity contribution >= 4 is 0 Å². The fourth-order valence-corrected chi connectivity index (χ4v) is 2.61. The second kappa shape index (κ2) is 6.76. The first-order valence-electron chi connectivity index (χ1n) is 6.91. The van der Waals surface area contributed by atoms with Crippen molar-refractivity contribution in [2.24, 2.45) is 5.73 Å². The molecular formula is C15H24N2O. The van der Waals surface area contributed by atoms with Crippen molar-refractivity contribution in [1.29, 1.82) is 0 Å². The highest BCUT2D eigenvalue weighted by molar-refractivity contribution is 5.37. The molecule has 0 saturated carbocycles. The Kier molecular flexibility index (Phi) is 5.02. The summed E-state index contributed by atoms with van der Waals surface area (Å²) in [6.07, 6.45) is 5.42. The molecule has 1 saturated heterocycles. The van der Waals surface area contributed by atoms with Gasteiger partial charge in [0, 0.05) is 18.7 Å². The third-order valence-electron chi connectivity index (χ3n) is 3.68. The van der Waals surface area contributed by atoms with E-state index in [4.69, 9.17) is 10.5 Å². The number of benzene rings is 1. The molecule has 0 unspecified atom stereocenters. The van der Waals surface area contributed by atoms with Crippen LogP contribution in [0.25, 0.3) is 0 Å². The Morgan fingerprint density at radius 2 is 1.89 bits per heavy atom. The number of likely N-dealkylation sites (tertiary alicyclic amines) is 1. The number of hydrogen-bond donors (Lipinski definition) is 1. The lowest BCUT2D eigenvalue weighted by Crippen LogP contribution is -2.24. The van der Waals surface area contributed by atoms with Gasteiger partial charge in [0.2, 0.25) is 0 Å². The fraction of sp³-hybridized carbons (Fsp3) is 0.600. The van der Waals surface area contributed by atoms with E-state index < -0.39 is 0 Å². The summed E-state index contributed by atoms with van der Waals surface area (Å²) in [7, 11) is 1.71. The number of ether oxygens (including phenoxy) is 1. The number of nitrogens with two attached hydrogens (primary N) is 1. The summed E-state index contributed by atoms with van der Waals surface area (Å²) in [6.45, 7) is 4.01. The highest BCUT2D eigenvalue weighted by Gasteiger charge is 2.10. The summed E-state index contributed by atoms with van der Waals surface area (Å²) in [5.41, 5.74) is 8.10. The molecule has 3 nitrogen and oxygen atoms in total. The topological polar surface area (TPSA) is 38.5 Å². The Balaban J connectivity index is 2.03. The highest BCUT2D eigenvalue weighted by Crippen LogP contribution is 2.21. The van der Waals surface area contributed by atoms with Gasteiger partial charge in [-0.25, -0.2) is 0 Å². The molecule has 0 radical (unpaired) electrons. The Morgan fingerprint density at radius 1 is 1.17 bits per heavy atom. The van der Waals surface area contributed by atoms with Crippen LogP contribution < -0.4 is 10.5 Å². The summed E-state index contributed by atoms with van der Waals surface area (Å²) in [6, 6.07) is 6.40. The zero-order valence-electron chi connectivity index (χ0n) is 11.3. The van der Waals surface area contributed by atoms with Gasteiger partial charge in [0.1, 0.15) is 5.75 Å². The van der Waals surface area contributed by atoms with E-state index in [-0.39, 0.29) is 0 Å². The molecule has 1 aliphatic rings. The largest absolute Gasteiger partial charge is 0.496 e. The predicted octanol–water partition coefficient (Wildman–Crippen LogP) is 2.53. The summed E-state index contributed by atoms with van der Waals surface area (Å²) in [5.74, 6) is 0.921. The Bertz CT molecular complexity index is 371. The number of methoxy groups -OCH3 is 1. The van der Waals surface area contributed by atoms with E-state index in [2.05, 4.69) is 23.1 Å². The van der Waals surface area contributed by atoms with Crippen LogP contribution in [0.5, 0.6) is 5.75 Å². The second-order valence-corrected chi connectivity index (χ2v) is 5.04. The summed E-state index contributed by atoms with van der Waals surface area (Å²) < 4.78 is 5.39. The van der Waals surface area contributed by atoms with E-state index in [9.17, 15) is 0 Å². The lowest BCUT2D eigenvalue weighted by molar-refractivity contribution is 0.276. The summed E-state index contributed by atoms with van der Waals surface area (Å²) in [4.78, 5) is 2.55. The van der Waals surface area contributed by atoms with Crippen molar-refractivity contribution in [3.63, 3.8) is 0 Å². The van der Waals surface area contributed by atoms with Crippen LogP contribution >= 0.6 is 0 Å². The average Bonchev–Trinajstić information content (AvgIpc) is 2.67. The lowest BCUT2D eigenvalue weighted by Gasteiger charge is -2.20. The van der Waals surface area contributed by atoms with E-state index >= 15 is 0 Å². The van der Waals surface area contributed by atoms with E-state index in [1.54, 1.807) is 7.11 Å². The van der Waals surface area contributed by atoms with Crippen LogP contribution in [0.3, 0.4) is 0 Å². The Morgan fingerprint density at radius 3 is 2.50 bits per heavy atom. The van der Waals surface area contributed by atoms with Crippen molar-refractivity contribution in [3.05, 3.63) is 29.3 Å². The zero-order valence-corrected chi connectivity index (χ0v) is 11.3. The van der Waals surface area contributed by atoms with Gasteiger partial charge < -0.3 is 10.5 Å². The van der Waals surface area contributed by atoms with Crippen molar-refractivity contribution in [2.45, 2.75) is 38.8 Å². The molecule has 1 fully saturated rings. The molecule has 0 spiro atoms. The standard InChI is InChI=1S/C15H24N2O/c1-18-15-10-13(6-7-14(15)11-16)12-17-8-4-2-3-5-9-17/h6-7,10H,2-5,8-9,11-12,16H2,1H3. The molecule has 3 heteroatoms. The molecule has 2 rings (SSSR count). The van der Waals surface area contributed by atoms with Gasteiger partial charge in [0.25, 0.3) is 0 Å². The van der Waals surface area contributed by atoms with Crippen molar-refractivity contribution < 1.29 is 4.74 Å². The predicted molar refractivity (Wildman–Crippen MR) is 74.6 cm³/mol. The molecule has 1 aromatic carbocycles. The van der Waals surface area contributed by atoms with Crippen molar-refractivity contribution in [2.75, 3.05) is 20.2 Å². The first kappa shape index (κ1) is 13.4. The molecule has 100 valence electrons. The normalized spacial score (nSPS) is 17.4. The van der Waals surface area contributed by atoms with E-state index in [1.165, 1.54) is 44.3 Å². The number of nitrogens with zero attached hydrogens (tertiary/aromatic N) is 1. The summed E-state index contributed by atoms with van der Waals surface area (Å²) in [5, 5.41) is 0. The minimum absolute atomic E-state index is 0.535. The van der Waals surface area contributed by atoms with Crippen LogP contribution in [0, 0.1) is 0 Å². The molecule has 1 aromatic rings. The van der Waals surface area contributed by atoms with E-state index in [1.807, 2.05) is 0 Å². The van der Waals surface area contributed by atoms with Gasteiger partial charge in [-0.2, -0.15) is 0 Å². The van der Waals surface area contributed by atoms with Gasteiger partial charge in [-0.05, 0) is 37.6 Å². The molecule has 18 heavy (non-hydrogen) atoms. The second-order valence-electron chi connectivity index (χ2n) is 5.04. The van der Waals surface area contributed by atoms with Gasteiger partial charge in [-0.15, -0.1) is 0 Å². The molecule has 1 aliphatic heterocycles. The maximum Gasteiger partial charge on any atom is 0.123 e. The van der Waals surface area contributed by atoms with Crippen molar-refractivity contribution in [3.8, 4) is 5.75 Å². The lowest BCUT2D eigenvalue weighted by atomic mass is 10.1. The molecule has 0 amide bonds. The third-order valence-corrected chi connectivity index (χ3v) is 3.68. The molecule has 0 aliphatic carbocycles. The van der Waals surface area contributed by atoms with Gasteiger partial charge in [0.05, 0.1) is 7.11 Å². The monoisotopic (exact) mass is 248 g/mol. The van der Waals surface area contributed by atoms with E-state index in [0.29, 0.717) is 6.54 Å². The first-order valence-corrected chi connectivity index (χ1v) is 6.91. The smallest absolute Gasteiger partial charge is 0.123 e. The number of rotatable bonds is 4. The van der Waals surface area contributed by atoms with Crippen LogP contribution in [0.2, 0.25) is 0 Å². The van der Waals surface area contributed by atoms with Crippen LogP contribution in [0.15, 0.2) is 18.2 Å². The molecule has 1 heterocycles. The summed E-state index contributed by atoms with van der Waals surface area (Å²) >= 11 is 0. The van der Waals surface area contributed by atoms with Gasteiger partial charge in [-0.1, -0.05) is 25.0 Å². The first-order chi connectivity index (χ1) is 8.83. The van der Waals surface area contributed by atoms with Gasteiger partial charge in [-0.3, -0.25) is 4.90 Å². The quantitative estimate of drug-likeness (QED) is 0.890. The maximum absolute atomic E-state index is 5.69. The maximum atomic E-state index is 5.69. The van der Waals surface area contributed by atoms with Gasteiger partial charge >= 0.3 is 0 Å². The Hall–Kier alpha value is -1.06. The number of hydrogen-bond acceptors (Lipinski definition) is 3. The molecule has 0 aromatic heterocycles. The van der Waals surface area contributed by atoms with Crippen LogP contribution in [0.4, 0.5) is 0 Å². The van der Waals surface area contributed by atoms with Gasteiger partial charge in [0.15, 0.2) is 0 Å². The van der Waals surface area contributed by atoms with Crippen LogP contribution in [-0.2, 0) is 13.1 Å².